The summed E-state index contributed by atoms with van der Waals surface area (Å²) in [6.45, 7) is 3.05. The monoisotopic (exact) mass is 513 g/mol. The zero-order valence-electron chi connectivity index (χ0n) is 22.0. The van der Waals surface area contributed by atoms with Gasteiger partial charge in [-0.25, -0.2) is 0 Å². The zero-order valence-corrected chi connectivity index (χ0v) is 22.9. The Labute approximate surface area is 214 Å². The first kappa shape index (κ1) is 33.7. The zero-order chi connectivity index (χ0) is 25.8. The summed E-state index contributed by atoms with van der Waals surface area (Å²) in [7, 11) is 1.78. The van der Waals surface area contributed by atoms with Crippen LogP contribution in [0.4, 0.5) is 0 Å². The van der Waals surface area contributed by atoms with Crippen molar-refractivity contribution in [3.05, 3.63) is 48.6 Å². The lowest BCUT2D eigenvalue weighted by molar-refractivity contribution is -0.153. The summed E-state index contributed by atoms with van der Waals surface area (Å²) in [4.78, 5) is 12.0. The van der Waals surface area contributed by atoms with Gasteiger partial charge in [0.2, 0.25) is 0 Å². The molecule has 202 valence electrons. The van der Waals surface area contributed by atoms with Crippen LogP contribution >= 0.6 is 8.60 Å². The standard InChI is InChI=1S/C27H48NO6P/c1-4-5-6-7-8-9-10-11-12-13-14-15-16-17-18-19-20-21-27(30)34-26(24-29)25-33-35(31-3)32-23-22-28-2/h8-9,11-12,14-15,17-18,26,28-29H,4-7,10,13,16,19-25H2,1-3H3/b9-8-,12-11-,15-14-,18-17-. The molecule has 7 nitrogen and oxygen atoms in total. The van der Waals surface area contributed by atoms with Gasteiger partial charge in [-0.1, -0.05) is 68.4 Å². The number of hydrogen-bond donors (Lipinski definition) is 2. The molecule has 2 unspecified atom stereocenters. The lowest BCUT2D eigenvalue weighted by Crippen LogP contribution is -2.26. The third-order valence-electron chi connectivity index (χ3n) is 4.77. The fourth-order valence-electron chi connectivity index (χ4n) is 2.80. The largest absolute Gasteiger partial charge is 0.457 e. The highest BCUT2D eigenvalue weighted by Crippen LogP contribution is 2.38. The second-order valence-corrected chi connectivity index (χ2v) is 9.24. The first-order chi connectivity index (χ1) is 17.2. The highest BCUT2D eigenvalue weighted by molar-refractivity contribution is 7.41. The molecule has 0 saturated carbocycles. The summed E-state index contributed by atoms with van der Waals surface area (Å²) in [5.74, 6) is -0.346. The minimum absolute atomic E-state index is 0.0263. The molecular weight excluding hydrogens is 465 g/mol. The van der Waals surface area contributed by atoms with E-state index in [4.69, 9.17) is 18.3 Å². The van der Waals surface area contributed by atoms with E-state index in [9.17, 15) is 9.90 Å². The third kappa shape index (κ3) is 24.1. The molecule has 0 spiro atoms. The maximum atomic E-state index is 12.0. The van der Waals surface area contributed by atoms with Crippen LogP contribution in [-0.4, -0.2) is 57.7 Å². The smallest absolute Gasteiger partial charge is 0.332 e. The van der Waals surface area contributed by atoms with Crippen molar-refractivity contribution in [2.75, 3.05) is 40.5 Å². The maximum Gasteiger partial charge on any atom is 0.332 e. The minimum Gasteiger partial charge on any atom is -0.457 e. The quantitative estimate of drug-likeness (QED) is 0.0692. The van der Waals surface area contributed by atoms with Gasteiger partial charge in [0.1, 0.15) is 6.10 Å². The average molecular weight is 514 g/mol. The number of hydrogen-bond acceptors (Lipinski definition) is 7. The summed E-state index contributed by atoms with van der Waals surface area (Å²) in [5.41, 5.74) is 0. The number of carbonyl (C=O) groups is 1. The number of esters is 1. The van der Waals surface area contributed by atoms with E-state index in [1.165, 1.54) is 32.8 Å². The Morgan fingerprint density at radius 1 is 0.914 bits per heavy atom. The van der Waals surface area contributed by atoms with Gasteiger partial charge in [0.25, 0.3) is 0 Å². The van der Waals surface area contributed by atoms with Crippen molar-refractivity contribution in [1.29, 1.82) is 0 Å². The van der Waals surface area contributed by atoms with Gasteiger partial charge in [0, 0.05) is 20.1 Å². The number of rotatable bonds is 24. The Balaban J connectivity index is 3.81. The van der Waals surface area contributed by atoms with E-state index >= 15 is 0 Å². The van der Waals surface area contributed by atoms with Gasteiger partial charge in [-0.2, -0.15) is 0 Å². The van der Waals surface area contributed by atoms with Crippen LogP contribution in [0.15, 0.2) is 48.6 Å². The molecule has 0 amide bonds. The number of allylic oxidation sites excluding steroid dienone is 8. The van der Waals surface area contributed by atoms with Gasteiger partial charge in [0.15, 0.2) is 0 Å². The van der Waals surface area contributed by atoms with Crippen molar-refractivity contribution in [1.82, 2.24) is 5.32 Å². The van der Waals surface area contributed by atoms with Gasteiger partial charge in [-0.15, -0.1) is 0 Å². The van der Waals surface area contributed by atoms with Crippen LogP contribution in [0.2, 0.25) is 0 Å². The predicted octanol–water partition coefficient (Wildman–Crippen LogP) is 6.16. The SMILES string of the molecule is CCCCC/C=C\C/C=C\C/C=C\C/C=C\CCCC(=O)OC(CO)COP(OC)OCCNC. The van der Waals surface area contributed by atoms with Gasteiger partial charge < -0.3 is 28.7 Å². The van der Waals surface area contributed by atoms with E-state index in [0.29, 0.717) is 26.0 Å². The second kappa shape index (κ2) is 27.3. The Hall–Kier alpha value is -1.34. The van der Waals surface area contributed by atoms with E-state index in [-0.39, 0.29) is 19.2 Å². The van der Waals surface area contributed by atoms with Gasteiger partial charge in [0.05, 0.1) is 19.8 Å². The Morgan fingerprint density at radius 2 is 1.51 bits per heavy atom. The van der Waals surface area contributed by atoms with Gasteiger partial charge >= 0.3 is 14.6 Å². The first-order valence-corrected chi connectivity index (χ1v) is 13.9. The lowest BCUT2D eigenvalue weighted by atomic mass is 10.2. The second-order valence-electron chi connectivity index (χ2n) is 7.91. The van der Waals surface area contributed by atoms with Crippen LogP contribution < -0.4 is 5.32 Å². The van der Waals surface area contributed by atoms with Crippen LogP contribution in [0.5, 0.6) is 0 Å². The van der Waals surface area contributed by atoms with Crippen molar-refractivity contribution in [3.63, 3.8) is 0 Å². The number of ether oxygens (including phenoxy) is 1. The molecule has 8 heteroatoms. The number of aliphatic hydroxyl groups excluding tert-OH is 1. The van der Waals surface area contributed by atoms with E-state index in [1.807, 2.05) is 7.05 Å². The minimum atomic E-state index is -1.53. The molecule has 0 aliphatic heterocycles. The molecule has 0 aliphatic carbocycles. The lowest BCUT2D eigenvalue weighted by Gasteiger charge is -2.19. The molecule has 0 bridgehead atoms. The summed E-state index contributed by atoms with van der Waals surface area (Å²) >= 11 is 0. The highest BCUT2D eigenvalue weighted by Gasteiger charge is 2.18. The van der Waals surface area contributed by atoms with Crippen molar-refractivity contribution >= 4 is 14.6 Å². The van der Waals surface area contributed by atoms with Crippen molar-refractivity contribution in [2.24, 2.45) is 0 Å². The van der Waals surface area contributed by atoms with Crippen LogP contribution in [0, 0.1) is 0 Å². The van der Waals surface area contributed by atoms with Crippen molar-refractivity contribution < 1.29 is 28.2 Å². The number of likely N-dealkylation sites (N-methyl/N-ethyl adjacent to an activating group) is 1. The number of aliphatic hydroxyl groups is 1. The van der Waals surface area contributed by atoms with Gasteiger partial charge in [-0.3, -0.25) is 4.79 Å². The van der Waals surface area contributed by atoms with Crippen LogP contribution in [-0.2, 0) is 23.1 Å². The highest BCUT2D eigenvalue weighted by atomic mass is 31.2. The third-order valence-corrected chi connectivity index (χ3v) is 5.83. The number of unbranched alkanes of at least 4 members (excludes halogenated alkanes) is 4. The molecule has 2 atom stereocenters. The van der Waals surface area contributed by atoms with E-state index in [2.05, 4.69) is 60.8 Å². The molecule has 0 aromatic heterocycles. The fourth-order valence-corrected chi connectivity index (χ4v) is 3.62. The summed E-state index contributed by atoms with van der Waals surface area (Å²) in [6.07, 6.45) is 26.4. The Kier molecular flexibility index (Phi) is 26.2. The topological polar surface area (TPSA) is 86.3 Å². The average Bonchev–Trinajstić information content (AvgIpc) is 2.87. The molecule has 0 aromatic carbocycles. The first-order valence-electron chi connectivity index (χ1n) is 12.8. The number of carbonyl (C=O) groups excluding carboxylic acids is 1. The molecule has 0 heterocycles. The molecular formula is C27H48NO6P. The van der Waals surface area contributed by atoms with E-state index in [1.54, 1.807) is 0 Å². The molecule has 2 N–H and O–H groups in total. The van der Waals surface area contributed by atoms with Gasteiger partial charge in [-0.05, 0) is 52.0 Å². The maximum absolute atomic E-state index is 12.0. The van der Waals surface area contributed by atoms with Crippen LogP contribution in [0.25, 0.3) is 0 Å². The summed E-state index contributed by atoms with van der Waals surface area (Å²) in [5, 5.41) is 12.4. The molecule has 0 aromatic rings. The number of nitrogens with one attached hydrogen (secondary N) is 1. The summed E-state index contributed by atoms with van der Waals surface area (Å²) in [6, 6.07) is 0. The van der Waals surface area contributed by atoms with Crippen LogP contribution in [0.3, 0.4) is 0 Å². The molecule has 0 radical (unpaired) electrons. The van der Waals surface area contributed by atoms with Crippen molar-refractivity contribution in [2.45, 2.75) is 77.2 Å². The fraction of sp³-hybridized carbons (Fsp3) is 0.667. The summed E-state index contributed by atoms with van der Waals surface area (Å²) < 4.78 is 21.3. The predicted molar refractivity (Wildman–Crippen MR) is 145 cm³/mol. The van der Waals surface area contributed by atoms with E-state index in [0.717, 1.165) is 25.7 Å². The molecule has 0 saturated heterocycles. The Morgan fingerprint density at radius 3 is 2.06 bits per heavy atom. The van der Waals surface area contributed by atoms with Crippen molar-refractivity contribution in [3.8, 4) is 0 Å². The molecule has 0 fully saturated rings. The van der Waals surface area contributed by atoms with Crippen LogP contribution in [0.1, 0.15) is 71.1 Å². The normalized spacial score (nSPS) is 14.1. The Bertz CT molecular complexity index is 594. The molecule has 35 heavy (non-hydrogen) atoms. The van der Waals surface area contributed by atoms with E-state index < -0.39 is 14.7 Å². The molecule has 0 aliphatic rings. The molecule has 0 rings (SSSR count).